The highest BCUT2D eigenvalue weighted by molar-refractivity contribution is 6.33. The Labute approximate surface area is 130 Å². The normalized spacial score (nSPS) is 12.0. The second-order valence-corrected chi connectivity index (χ2v) is 4.91. The molecule has 1 atom stereocenters. The number of nitrogens with one attached hydrogen (secondary N) is 2. The lowest BCUT2D eigenvalue weighted by atomic mass is 10.2. The molecule has 7 heteroatoms. The number of nitrogens with zero attached hydrogens (tertiary/aromatic N) is 1. The van der Waals surface area contributed by atoms with Gasteiger partial charge < -0.3 is 20.1 Å². The fourth-order valence-electron chi connectivity index (χ4n) is 1.66. The van der Waals surface area contributed by atoms with Gasteiger partial charge >= 0.3 is 0 Å². The van der Waals surface area contributed by atoms with Crippen LogP contribution in [0.1, 0.15) is 23.7 Å². The molecule has 0 aliphatic heterocycles. The van der Waals surface area contributed by atoms with E-state index in [0.29, 0.717) is 29.6 Å². The largest absolute Gasteiger partial charge is 0.382 e. The molecular weight excluding hydrogens is 294 g/mol. The molecule has 1 unspecified atom stereocenters. The number of methoxy groups -OCH3 is 2. The summed E-state index contributed by atoms with van der Waals surface area (Å²) in [4.78, 5) is 16.3. The molecule has 0 bridgehead atoms. The van der Waals surface area contributed by atoms with Crippen LogP contribution in [0.4, 0.5) is 5.82 Å². The van der Waals surface area contributed by atoms with Crippen LogP contribution in [-0.2, 0) is 9.47 Å². The van der Waals surface area contributed by atoms with E-state index in [1.54, 1.807) is 20.3 Å². The van der Waals surface area contributed by atoms with E-state index in [4.69, 9.17) is 21.1 Å². The van der Waals surface area contributed by atoms with Gasteiger partial charge in [-0.15, -0.1) is 0 Å². The Morgan fingerprint density at radius 3 is 2.86 bits per heavy atom. The summed E-state index contributed by atoms with van der Waals surface area (Å²) in [6, 6.07) is 1.64. The van der Waals surface area contributed by atoms with Gasteiger partial charge in [-0.2, -0.15) is 0 Å². The topological polar surface area (TPSA) is 72.5 Å². The zero-order valence-corrected chi connectivity index (χ0v) is 13.4. The Kier molecular flexibility index (Phi) is 8.04. The zero-order valence-electron chi connectivity index (χ0n) is 12.6. The van der Waals surface area contributed by atoms with Crippen LogP contribution in [0.3, 0.4) is 0 Å². The molecule has 1 aromatic rings. The Morgan fingerprint density at radius 2 is 2.24 bits per heavy atom. The summed E-state index contributed by atoms with van der Waals surface area (Å²) in [6.45, 7) is 3.59. The second kappa shape index (κ2) is 9.55. The van der Waals surface area contributed by atoms with E-state index in [2.05, 4.69) is 22.5 Å². The number of halogens is 1. The first-order chi connectivity index (χ1) is 10.1. The number of rotatable bonds is 9. The van der Waals surface area contributed by atoms with Crippen molar-refractivity contribution in [3.05, 3.63) is 22.8 Å². The minimum atomic E-state index is -0.264. The minimum absolute atomic E-state index is 0.197. The summed E-state index contributed by atoms with van der Waals surface area (Å²) in [7, 11) is 3.15. The monoisotopic (exact) mass is 315 g/mol. The maximum Gasteiger partial charge on any atom is 0.253 e. The fourth-order valence-corrected chi connectivity index (χ4v) is 1.85. The van der Waals surface area contributed by atoms with Gasteiger partial charge in [0, 0.05) is 33.5 Å². The van der Waals surface area contributed by atoms with Gasteiger partial charge in [0.25, 0.3) is 5.91 Å². The number of hydrogen-bond donors (Lipinski definition) is 2. The lowest BCUT2D eigenvalue weighted by Gasteiger charge is -2.15. The van der Waals surface area contributed by atoms with E-state index in [-0.39, 0.29) is 12.0 Å². The molecule has 0 fully saturated rings. The van der Waals surface area contributed by atoms with Gasteiger partial charge in [0.1, 0.15) is 5.82 Å². The Hall–Kier alpha value is -1.37. The summed E-state index contributed by atoms with van der Waals surface area (Å²) < 4.78 is 10.2. The number of carbonyl (C=O) groups is 1. The lowest BCUT2D eigenvalue weighted by Crippen LogP contribution is -2.35. The third-order valence-electron chi connectivity index (χ3n) is 2.83. The summed E-state index contributed by atoms with van der Waals surface area (Å²) in [5, 5.41) is 6.21. The molecule has 1 rings (SSSR count). The molecule has 0 saturated heterocycles. The van der Waals surface area contributed by atoms with Crippen molar-refractivity contribution in [2.45, 2.75) is 19.4 Å². The van der Waals surface area contributed by atoms with Crippen molar-refractivity contribution in [2.24, 2.45) is 0 Å². The maximum atomic E-state index is 12.2. The SMILES string of the molecule is CCCNc1cc(C(=O)NCC(COC)OC)c(Cl)cn1. The van der Waals surface area contributed by atoms with Crippen molar-refractivity contribution in [1.82, 2.24) is 10.3 Å². The van der Waals surface area contributed by atoms with Crippen LogP contribution in [0, 0.1) is 0 Å². The van der Waals surface area contributed by atoms with Gasteiger partial charge in [0.05, 0.1) is 23.3 Å². The third-order valence-corrected chi connectivity index (χ3v) is 3.13. The van der Waals surface area contributed by atoms with Crippen molar-refractivity contribution >= 4 is 23.3 Å². The Morgan fingerprint density at radius 1 is 1.48 bits per heavy atom. The smallest absolute Gasteiger partial charge is 0.253 e. The highest BCUT2D eigenvalue weighted by atomic mass is 35.5. The van der Waals surface area contributed by atoms with E-state index in [1.165, 1.54) is 6.20 Å². The van der Waals surface area contributed by atoms with Crippen LogP contribution in [0.15, 0.2) is 12.3 Å². The highest BCUT2D eigenvalue weighted by Crippen LogP contribution is 2.18. The molecule has 1 aromatic heterocycles. The van der Waals surface area contributed by atoms with Gasteiger partial charge in [-0.05, 0) is 12.5 Å². The molecule has 118 valence electrons. The van der Waals surface area contributed by atoms with E-state index >= 15 is 0 Å². The van der Waals surface area contributed by atoms with Crippen LogP contribution in [-0.4, -0.2) is 50.9 Å². The molecule has 6 nitrogen and oxygen atoms in total. The van der Waals surface area contributed by atoms with Gasteiger partial charge in [-0.3, -0.25) is 4.79 Å². The van der Waals surface area contributed by atoms with Crippen LogP contribution < -0.4 is 10.6 Å². The summed E-state index contributed by atoms with van der Waals surface area (Å²) >= 11 is 6.03. The molecular formula is C14H22ClN3O3. The van der Waals surface area contributed by atoms with Crippen molar-refractivity contribution in [3.63, 3.8) is 0 Å². The molecule has 0 aliphatic rings. The molecule has 2 N–H and O–H groups in total. The highest BCUT2D eigenvalue weighted by Gasteiger charge is 2.14. The van der Waals surface area contributed by atoms with E-state index in [9.17, 15) is 4.79 Å². The van der Waals surface area contributed by atoms with Gasteiger partial charge in [-0.1, -0.05) is 18.5 Å². The van der Waals surface area contributed by atoms with Crippen molar-refractivity contribution < 1.29 is 14.3 Å². The maximum absolute atomic E-state index is 12.2. The predicted octanol–water partition coefficient (Wildman–Crippen LogP) is 1.95. The molecule has 1 heterocycles. The first-order valence-electron chi connectivity index (χ1n) is 6.81. The minimum Gasteiger partial charge on any atom is -0.382 e. The number of carbonyl (C=O) groups excluding carboxylic acids is 1. The van der Waals surface area contributed by atoms with Gasteiger partial charge in [-0.25, -0.2) is 4.98 Å². The number of hydrogen-bond acceptors (Lipinski definition) is 5. The molecule has 0 aromatic carbocycles. The quantitative estimate of drug-likeness (QED) is 0.728. The average molecular weight is 316 g/mol. The van der Waals surface area contributed by atoms with Gasteiger partial charge in [0.15, 0.2) is 0 Å². The average Bonchev–Trinajstić information content (AvgIpc) is 2.50. The van der Waals surface area contributed by atoms with Crippen molar-refractivity contribution in [1.29, 1.82) is 0 Å². The number of anilines is 1. The molecule has 0 saturated carbocycles. The number of pyridine rings is 1. The second-order valence-electron chi connectivity index (χ2n) is 4.50. The van der Waals surface area contributed by atoms with E-state index in [1.807, 2.05) is 0 Å². The predicted molar refractivity (Wildman–Crippen MR) is 83.0 cm³/mol. The van der Waals surface area contributed by atoms with Crippen LogP contribution in [0.5, 0.6) is 0 Å². The fraction of sp³-hybridized carbons (Fsp3) is 0.571. The molecule has 21 heavy (non-hydrogen) atoms. The Bertz CT molecular complexity index is 457. The number of amides is 1. The van der Waals surface area contributed by atoms with Crippen molar-refractivity contribution in [3.8, 4) is 0 Å². The standard InChI is InChI=1S/C14H22ClN3O3/c1-4-5-16-13-6-11(12(15)8-17-13)14(19)18-7-10(21-3)9-20-2/h6,8,10H,4-5,7,9H2,1-3H3,(H,16,17)(H,18,19). The number of ether oxygens (including phenoxy) is 2. The first-order valence-corrected chi connectivity index (χ1v) is 7.19. The molecule has 1 amide bonds. The van der Waals surface area contributed by atoms with E-state index in [0.717, 1.165) is 13.0 Å². The van der Waals surface area contributed by atoms with Crippen molar-refractivity contribution in [2.75, 3.05) is 39.2 Å². The number of aromatic nitrogens is 1. The zero-order chi connectivity index (χ0) is 15.7. The van der Waals surface area contributed by atoms with Crippen LogP contribution in [0.2, 0.25) is 5.02 Å². The summed E-state index contributed by atoms with van der Waals surface area (Å²) in [5.41, 5.74) is 0.387. The van der Waals surface area contributed by atoms with Gasteiger partial charge in [0.2, 0.25) is 0 Å². The van der Waals surface area contributed by atoms with E-state index < -0.39 is 0 Å². The third kappa shape index (κ3) is 5.87. The molecule has 0 spiro atoms. The van der Waals surface area contributed by atoms with Crippen LogP contribution in [0.25, 0.3) is 0 Å². The molecule has 0 radical (unpaired) electrons. The lowest BCUT2D eigenvalue weighted by molar-refractivity contribution is 0.0285. The van der Waals surface area contributed by atoms with Crippen LogP contribution >= 0.6 is 11.6 Å². The summed E-state index contributed by atoms with van der Waals surface area (Å²) in [5.74, 6) is 0.367. The molecule has 0 aliphatic carbocycles. The first kappa shape index (κ1) is 17.7. The summed E-state index contributed by atoms with van der Waals surface area (Å²) in [6.07, 6.45) is 2.24. The Balaban J connectivity index is 2.67.